The second-order valence-corrected chi connectivity index (χ2v) is 4.84. The lowest BCUT2D eigenvalue weighted by atomic mass is 9.85. The highest BCUT2D eigenvalue weighted by molar-refractivity contribution is 6.30. The van der Waals surface area contributed by atoms with Crippen LogP contribution in [0.5, 0.6) is 0 Å². The molecule has 1 aromatic rings. The Morgan fingerprint density at radius 2 is 2.09 bits per heavy atom. The third kappa shape index (κ3) is 6.17. The van der Waals surface area contributed by atoms with Crippen LogP contribution in [0.25, 0.3) is 0 Å². The maximum atomic E-state index is 12.0. The number of esters is 1. The van der Waals surface area contributed by atoms with Gasteiger partial charge in [0.25, 0.3) is 0 Å². The van der Waals surface area contributed by atoms with Gasteiger partial charge in [-0.25, -0.2) is 0 Å². The quantitative estimate of drug-likeness (QED) is 0.415. The molecule has 0 spiro atoms. The first-order valence-electron chi connectivity index (χ1n) is 6.78. The zero-order valence-corrected chi connectivity index (χ0v) is 13.8. The molecule has 128 valence electrons. The van der Waals surface area contributed by atoms with Gasteiger partial charge in [0.2, 0.25) is 6.54 Å². The molecule has 0 radical (unpaired) electrons. The lowest BCUT2D eigenvalue weighted by Crippen LogP contribution is -2.29. The van der Waals surface area contributed by atoms with Gasteiger partial charge in [0.1, 0.15) is 5.15 Å². The summed E-state index contributed by atoms with van der Waals surface area (Å²) in [7, 11) is 1.64. The molecule has 10 heteroatoms. The van der Waals surface area contributed by atoms with E-state index in [0.717, 1.165) is 0 Å². The summed E-state index contributed by atoms with van der Waals surface area (Å²) in [5.74, 6) is -1.70. The number of carbonyl (C=O) groups is 1. The molecule has 0 aliphatic rings. The zero-order chi connectivity index (χ0) is 18.0. The number of aryl methyl sites for hydroxylation is 1. The Bertz CT molecular complexity index is 568. The second-order valence-electron chi connectivity index (χ2n) is 4.49. The molecule has 1 aromatic heterocycles. The van der Waals surface area contributed by atoms with Crippen LogP contribution < -0.4 is 0 Å². The van der Waals surface area contributed by atoms with Crippen LogP contribution >= 0.6 is 11.6 Å². The Hall–Kier alpha value is -2.25. The summed E-state index contributed by atoms with van der Waals surface area (Å²) in [5.41, 5.74) is 0.505. The first-order chi connectivity index (χ1) is 10.8. The van der Waals surface area contributed by atoms with E-state index in [0.29, 0.717) is 17.1 Å². The van der Waals surface area contributed by atoms with Crippen molar-refractivity contribution in [2.24, 2.45) is 13.0 Å². The van der Waals surface area contributed by atoms with Crippen LogP contribution in [0.3, 0.4) is 0 Å². The smallest absolute Gasteiger partial charge is 0.373 e. The fraction of sp³-hybridized carbons (Fsp3) is 0.615. The summed E-state index contributed by atoms with van der Waals surface area (Å²) in [6.07, 6.45) is 2.15. The topological polar surface area (TPSA) is 121 Å². The minimum absolute atomic E-state index is 0.237. The van der Waals surface area contributed by atoms with E-state index in [1.165, 1.54) is 10.9 Å². The molecule has 0 saturated heterocycles. The minimum atomic E-state index is -0.643. The van der Waals surface area contributed by atoms with Crippen molar-refractivity contribution in [1.29, 1.82) is 0 Å². The minimum Gasteiger partial charge on any atom is -0.466 e. The molecule has 1 rings (SSSR count). The van der Waals surface area contributed by atoms with Crippen molar-refractivity contribution in [1.82, 2.24) is 9.78 Å². The van der Waals surface area contributed by atoms with E-state index in [2.05, 4.69) is 5.10 Å². The van der Waals surface area contributed by atoms with Gasteiger partial charge < -0.3 is 4.74 Å². The fourth-order valence-electron chi connectivity index (χ4n) is 2.16. The highest BCUT2D eigenvalue weighted by Crippen LogP contribution is 2.33. The maximum Gasteiger partial charge on any atom is 0.373 e. The zero-order valence-electron chi connectivity index (χ0n) is 13.0. The lowest BCUT2D eigenvalue weighted by molar-refractivity contribution is -0.484. The normalized spacial score (nSPS) is 12.3. The second kappa shape index (κ2) is 10.5. The van der Waals surface area contributed by atoms with Crippen molar-refractivity contribution < 1.29 is 24.0 Å². The molecule has 0 bridgehead atoms. The third-order valence-corrected chi connectivity index (χ3v) is 3.62. The highest BCUT2D eigenvalue weighted by Gasteiger charge is 2.35. The van der Waals surface area contributed by atoms with E-state index in [-0.39, 0.29) is 19.3 Å². The van der Waals surface area contributed by atoms with Crippen molar-refractivity contribution in [3.63, 3.8) is 0 Å². The Balaban J connectivity index is 0.00000149. The fourth-order valence-corrected chi connectivity index (χ4v) is 2.39. The monoisotopic (exact) mass is 347 g/mol. The van der Waals surface area contributed by atoms with Crippen LogP contribution in [0.1, 0.15) is 31.7 Å². The van der Waals surface area contributed by atoms with Crippen LogP contribution in [0.4, 0.5) is 0 Å². The third-order valence-electron chi connectivity index (χ3n) is 3.15. The van der Waals surface area contributed by atoms with Gasteiger partial charge in [-0.05, 0) is 13.3 Å². The summed E-state index contributed by atoms with van der Waals surface area (Å²) >= 11 is 6.10. The van der Waals surface area contributed by atoms with Gasteiger partial charge in [0, 0.05) is 17.5 Å². The molecule has 0 N–H and O–H groups in total. The van der Waals surface area contributed by atoms with Crippen molar-refractivity contribution in [3.05, 3.63) is 27.0 Å². The first-order valence-corrected chi connectivity index (χ1v) is 7.16. The SMILES string of the molecule is CCOC(=O)C(CC)[C@H](C[N+](=O)[O-])c1cnn(C)c1Cl.O=C=O. The summed E-state index contributed by atoms with van der Waals surface area (Å²) in [6, 6.07) is 0. The molecule has 0 amide bonds. The number of hydrogen-bond donors (Lipinski definition) is 0. The van der Waals surface area contributed by atoms with Gasteiger partial charge in [-0.1, -0.05) is 18.5 Å². The number of carbonyl (C=O) groups excluding carboxylic acids is 3. The number of nitro groups is 1. The van der Waals surface area contributed by atoms with Gasteiger partial charge in [-0.2, -0.15) is 14.7 Å². The van der Waals surface area contributed by atoms with Crippen LogP contribution in [0.15, 0.2) is 6.20 Å². The Morgan fingerprint density at radius 3 is 2.43 bits per heavy atom. The van der Waals surface area contributed by atoms with E-state index in [4.69, 9.17) is 25.9 Å². The van der Waals surface area contributed by atoms with Crippen molar-refractivity contribution in [3.8, 4) is 0 Å². The van der Waals surface area contributed by atoms with Crippen molar-refractivity contribution >= 4 is 23.7 Å². The van der Waals surface area contributed by atoms with E-state index in [1.807, 2.05) is 0 Å². The molecule has 9 nitrogen and oxygen atoms in total. The van der Waals surface area contributed by atoms with Crippen LogP contribution in [0.2, 0.25) is 5.15 Å². The van der Waals surface area contributed by atoms with Gasteiger partial charge in [0.05, 0.1) is 24.6 Å². The van der Waals surface area contributed by atoms with Gasteiger partial charge in [0.15, 0.2) is 0 Å². The number of rotatable bonds is 7. The average Bonchev–Trinajstić information content (AvgIpc) is 2.79. The molecule has 0 fully saturated rings. The molecular formula is C13H18ClN3O6. The largest absolute Gasteiger partial charge is 0.466 e. The molecule has 0 aliphatic heterocycles. The van der Waals surface area contributed by atoms with Crippen LogP contribution in [-0.4, -0.2) is 40.0 Å². The number of aromatic nitrogens is 2. The standard InChI is InChI=1S/C12H18ClN3O4.CO2/c1-4-8(12(17)20-5-2)10(7-16(18)19)9-6-14-15(3)11(9)13;2-1-3/h6,8,10H,4-5,7H2,1-3H3;/t8?,10-;/m0./s1. The molecule has 0 aliphatic carbocycles. The summed E-state index contributed by atoms with van der Waals surface area (Å²) in [6.45, 7) is 3.34. The van der Waals surface area contributed by atoms with E-state index < -0.39 is 22.7 Å². The van der Waals surface area contributed by atoms with Crippen molar-refractivity contribution in [2.45, 2.75) is 26.2 Å². The van der Waals surface area contributed by atoms with Crippen LogP contribution in [0, 0.1) is 16.0 Å². The van der Waals surface area contributed by atoms with E-state index in [9.17, 15) is 14.9 Å². The number of nitrogens with zero attached hydrogens (tertiary/aromatic N) is 3. The number of ether oxygens (including phenoxy) is 1. The number of hydrogen-bond acceptors (Lipinski definition) is 7. The highest BCUT2D eigenvalue weighted by atomic mass is 35.5. The summed E-state index contributed by atoms with van der Waals surface area (Å²) < 4.78 is 6.41. The Labute approximate surface area is 137 Å². The predicted octanol–water partition coefficient (Wildman–Crippen LogP) is 1.44. The molecule has 0 aromatic carbocycles. The van der Waals surface area contributed by atoms with Gasteiger partial charge in [-0.15, -0.1) is 0 Å². The van der Waals surface area contributed by atoms with E-state index >= 15 is 0 Å². The Kier molecular flexibility index (Phi) is 9.45. The summed E-state index contributed by atoms with van der Waals surface area (Å²) in [4.78, 5) is 38.7. The predicted molar refractivity (Wildman–Crippen MR) is 78.2 cm³/mol. The van der Waals surface area contributed by atoms with Crippen molar-refractivity contribution in [2.75, 3.05) is 13.2 Å². The molecule has 2 atom stereocenters. The Morgan fingerprint density at radius 1 is 1.52 bits per heavy atom. The summed E-state index contributed by atoms with van der Waals surface area (Å²) in [5, 5.41) is 15.2. The molecule has 1 unspecified atom stereocenters. The molecule has 1 heterocycles. The lowest BCUT2D eigenvalue weighted by Gasteiger charge is -2.21. The maximum absolute atomic E-state index is 12.0. The molecular weight excluding hydrogens is 330 g/mol. The number of halogens is 1. The van der Waals surface area contributed by atoms with Gasteiger partial charge >= 0.3 is 12.1 Å². The van der Waals surface area contributed by atoms with Crippen LogP contribution in [-0.2, 0) is 26.2 Å². The molecule has 23 heavy (non-hydrogen) atoms. The first kappa shape index (κ1) is 20.8. The molecule has 0 saturated carbocycles. The average molecular weight is 348 g/mol. The van der Waals surface area contributed by atoms with Gasteiger partial charge in [-0.3, -0.25) is 19.6 Å². The van der Waals surface area contributed by atoms with E-state index in [1.54, 1.807) is 20.9 Å².